The van der Waals surface area contributed by atoms with Crippen LogP contribution in [0.4, 0.5) is 4.39 Å². The van der Waals surface area contributed by atoms with Crippen molar-refractivity contribution in [3.8, 4) is 11.5 Å². The van der Waals surface area contributed by atoms with Crippen molar-refractivity contribution in [3.63, 3.8) is 0 Å². The third-order valence-electron chi connectivity index (χ3n) is 2.66. The number of carbonyl (C=O) groups is 1. The van der Waals surface area contributed by atoms with Gasteiger partial charge in [-0.25, -0.2) is 9.82 Å². The number of halogens is 1. The molecule has 114 valence electrons. The molecule has 0 atom stereocenters. The molecule has 0 aliphatic rings. The Morgan fingerprint density at radius 1 is 1.23 bits per heavy atom. The number of nitrogens with one attached hydrogen (secondary N) is 1. The van der Waals surface area contributed by atoms with E-state index in [1.165, 1.54) is 24.4 Å². The molecule has 0 aliphatic heterocycles. The Labute approximate surface area is 127 Å². The zero-order valence-electron chi connectivity index (χ0n) is 12.0. The van der Waals surface area contributed by atoms with Gasteiger partial charge in [0.25, 0.3) is 5.91 Å². The van der Waals surface area contributed by atoms with E-state index >= 15 is 0 Å². The van der Waals surface area contributed by atoms with E-state index in [0.717, 1.165) is 5.56 Å². The summed E-state index contributed by atoms with van der Waals surface area (Å²) in [7, 11) is 1.57. The molecular formula is C16H15FN2O3. The van der Waals surface area contributed by atoms with Gasteiger partial charge in [0.1, 0.15) is 17.3 Å². The lowest BCUT2D eigenvalue weighted by molar-refractivity contribution is -0.123. The van der Waals surface area contributed by atoms with Crippen LogP contribution in [-0.4, -0.2) is 25.8 Å². The molecule has 0 saturated carbocycles. The molecule has 2 aromatic carbocycles. The van der Waals surface area contributed by atoms with Crippen molar-refractivity contribution in [1.82, 2.24) is 5.43 Å². The van der Waals surface area contributed by atoms with Crippen molar-refractivity contribution in [2.45, 2.75) is 0 Å². The highest BCUT2D eigenvalue weighted by Gasteiger charge is 2.02. The lowest BCUT2D eigenvalue weighted by Crippen LogP contribution is -2.24. The number of ether oxygens (including phenoxy) is 2. The second-order valence-electron chi connectivity index (χ2n) is 4.32. The molecule has 0 unspecified atom stereocenters. The monoisotopic (exact) mass is 302 g/mol. The van der Waals surface area contributed by atoms with E-state index in [0.29, 0.717) is 5.75 Å². The number of nitrogens with zero attached hydrogens (tertiary/aromatic N) is 1. The largest absolute Gasteiger partial charge is 0.497 e. The van der Waals surface area contributed by atoms with Gasteiger partial charge < -0.3 is 9.47 Å². The van der Waals surface area contributed by atoms with Gasteiger partial charge in [-0.1, -0.05) is 18.2 Å². The third kappa shape index (κ3) is 4.90. The van der Waals surface area contributed by atoms with Gasteiger partial charge >= 0.3 is 0 Å². The van der Waals surface area contributed by atoms with E-state index < -0.39 is 11.7 Å². The van der Waals surface area contributed by atoms with Crippen molar-refractivity contribution < 1.29 is 18.7 Å². The average Bonchev–Trinajstić information content (AvgIpc) is 2.53. The number of benzene rings is 2. The van der Waals surface area contributed by atoms with Crippen LogP contribution in [0.3, 0.4) is 0 Å². The minimum atomic E-state index is -0.441. The summed E-state index contributed by atoms with van der Waals surface area (Å²) in [6.07, 6.45) is 1.49. The molecule has 1 N–H and O–H groups in total. The van der Waals surface area contributed by atoms with Gasteiger partial charge in [0, 0.05) is 6.07 Å². The molecule has 0 spiro atoms. The first-order chi connectivity index (χ1) is 10.7. The van der Waals surface area contributed by atoms with Gasteiger partial charge in [-0.05, 0) is 29.8 Å². The fraction of sp³-hybridized carbons (Fsp3) is 0.125. The maximum atomic E-state index is 12.9. The highest BCUT2D eigenvalue weighted by atomic mass is 19.1. The van der Waals surface area contributed by atoms with Crippen LogP contribution in [-0.2, 0) is 4.79 Å². The molecule has 1 amide bonds. The molecule has 2 rings (SSSR count). The van der Waals surface area contributed by atoms with Gasteiger partial charge in [0.2, 0.25) is 0 Å². The molecule has 0 aliphatic carbocycles. The highest BCUT2D eigenvalue weighted by molar-refractivity contribution is 5.83. The molecular weight excluding hydrogens is 287 g/mol. The van der Waals surface area contributed by atoms with Gasteiger partial charge in [-0.3, -0.25) is 4.79 Å². The van der Waals surface area contributed by atoms with Crippen LogP contribution in [0.15, 0.2) is 53.6 Å². The Morgan fingerprint density at radius 3 is 2.77 bits per heavy atom. The zero-order chi connectivity index (χ0) is 15.8. The normalized spacial score (nSPS) is 10.5. The van der Waals surface area contributed by atoms with E-state index in [1.807, 2.05) is 18.2 Å². The predicted molar refractivity (Wildman–Crippen MR) is 80.6 cm³/mol. The second kappa shape index (κ2) is 7.78. The predicted octanol–water partition coefficient (Wildman–Crippen LogP) is 2.36. The highest BCUT2D eigenvalue weighted by Crippen LogP contribution is 2.12. The number of methoxy groups -OCH3 is 1. The van der Waals surface area contributed by atoms with E-state index in [2.05, 4.69) is 10.5 Å². The lowest BCUT2D eigenvalue weighted by atomic mass is 10.2. The SMILES string of the molecule is COc1cccc(/C=N\NC(=O)COc2cccc(F)c2)c1. The van der Waals surface area contributed by atoms with Crippen molar-refractivity contribution in [2.75, 3.05) is 13.7 Å². The van der Waals surface area contributed by atoms with Crippen LogP contribution in [0.1, 0.15) is 5.56 Å². The van der Waals surface area contributed by atoms with Crippen molar-refractivity contribution in [2.24, 2.45) is 5.10 Å². The first-order valence-corrected chi connectivity index (χ1v) is 6.52. The zero-order valence-corrected chi connectivity index (χ0v) is 12.0. The Kier molecular flexibility index (Phi) is 5.48. The summed E-state index contributed by atoms with van der Waals surface area (Å²) < 4.78 is 23.2. The number of amides is 1. The molecule has 0 bridgehead atoms. The minimum absolute atomic E-state index is 0.251. The topological polar surface area (TPSA) is 59.9 Å². The Bertz CT molecular complexity index is 674. The van der Waals surface area contributed by atoms with Crippen LogP contribution >= 0.6 is 0 Å². The maximum Gasteiger partial charge on any atom is 0.277 e. The molecule has 0 saturated heterocycles. The summed E-state index contributed by atoms with van der Waals surface area (Å²) in [5, 5.41) is 3.81. The van der Waals surface area contributed by atoms with Crippen molar-refractivity contribution in [1.29, 1.82) is 0 Å². The standard InChI is InChI=1S/C16H15FN2O3/c1-21-14-6-2-4-12(8-14)10-18-19-16(20)11-22-15-7-3-5-13(17)9-15/h2-10H,11H2,1H3,(H,19,20)/b18-10-. The van der Waals surface area contributed by atoms with E-state index in [1.54, 1.807) is 19.2 Å². The smallest absolute Gasteiger partial charge is 0.277 e. The maximum absolute atomic E-state index is 12.9. The van der Waals surface area contributed by atoms with Crippen molar-refractivity contribution >= 4 is 12.1 Å². The lowest BCUT2D eigenvalue weighted by Gasteiger charge is -2.04. The molecule has 5 nitrogen and oxygen atoms in total. The van der Waals surface area contributed by atoms with Crippen LogP contribution in [0.25, 0.3) is 0 Å². The molecule has 22 heavy (non-hydrogen) atoms. The minimum Gasteiger partial charge on any atom is -0.497 e. The van der Waals surface area contributed by atoms with E-state index in [9.17, 15) is 9.18 Å². The van der Waals surface area contributed by atoms with Crippen LogP contribution < -0.4 is 14.9 Å². The van der Waals surface area contributed by atoms with Gasteiger partial charge in [-0.2, -0.15) is 5.10 Å². The molecule has 0 radical (unpaired) electrons. The third-order valence-corrected chi connectivity index (χ3v) is 2.66. The number of carbonyl (C=O) groups excluding carboxylic acids is 1. The summed E-state index contributed by atoms with van der Waals surface area (Å²) in [5.74, 6) is 0.119. The van der Waals surface area contributed by atoms with Crippen LogP contribution in [0, 0.1) is 5.82 Å². The first kappa shape index (κ1) is 15.5. The number of hydrogen-bond donors (Lipinski definition) is 1. The quantitative estimate of drug-likeness (QED) is 0.658. The molecule has 6 heteroatoms. The molecule has 0 heterocycles. The number of hydrazone groups is 1. The molecule has 0 fully saturated rings. The van der Waals surface area contributed by atoms with Crippen LogP contribution in [0.5, 0.6) is 11.5 Å². The summed E-state index contributed by atoms with van der Waals surface area (Å²) >= 11 is 0. The first-order valence-electron chi connectivity index (χ1n) is 6.52. The fourth-order valence-corrected chi connectivity index (χ4v) is 1.64. The van der Waals surface area contributed by atoms with Gasteiger partial charge in [0.15, 0.2) is 6.61 Å². The summed E-state index contributed by atoms with van der Waals surface area (Å²) in [6.45, 7) is -0.251. The van der Waals surface area contributed by atoms with Crippen LogP contribution in [0.2, 0.25) is 0 Å². The summed E-state index contributed by atoms with van der Waals surface area (Å²) in [5.41, 5.74) is 3.11. The van der Waals surface area contributed by atoms with Crippen molar-refractivity contribution in [3.05, 3.63) is 59.9 Å². The molecule has 2 aromatic rings. The second-order valence-corrected chi connectivity index (χ2v) is 4.32. The Balaban J connectivity index is 1.81. The van der Waals surface area contributed by atoms with Gasteiger partial charge in [-0.15, -0.1) is 0 Å². The average molecular weight is 302 g/mol. The Morgan fingerprint density at radius 2 is 2.00 bits per heavy atom. The van der Waals surface area contributed by atoms with E-state index in [4.69, 9.17) is 9.47 Å². The molecule has 0 aromatic heterocycles. The summed E-state index contributed by atoms with van der Waals surface area (Å²) in [6, 6.07) is 12.8. The fourth-order valence-electron chi connectivity index (χ4n) is 1.64. The Hall–Kier alpha value is -2.89. The number of rotatable bonds is 6. The number of hydrogen-bond acceptors (Lipinski definition) is 4. The van der Waals surface area contributed by atoms with Gasteiger partial charge in [0.05, 0.1) is 13.3 Å². The van der Waals surface area contributed by atoms with E-state index in [-0.39, 0.29) is 12.4 Å². The summed E-state index contributed by atoms with van der Waals surface area (Å²) in [4.78, 5) is 11.5.